The third-order valence-electron chi connectivity index (χ3n) is 3.79. The van der Waals surface area contributed by atoms with E-state index in [4.69, 9.17) is 4.74 Å². The van der Waals surface area contributed by atoms with Gasteiger partial charge in [0, 0.05) is 12.7 Å². The molecule has 1 fully saturated rings. The van der Waals surface area contributed by atoms with Gasteiger partial charge in [-0.25, -0.2) is 0 Å². The molecule has 2 rings (SSSR count). The lowest BCUT2D eigenvalue weighted by molar-refractivity contribution is -0.160. The Morgan fingerprint density at radius 3 is 2.21 bits per heavy atom. The molecule has 1 saturated carbocycles. The average Bonchev–Trinajstić information content (AvgIpc) is 2.36. The Morgan fingerprint density at radius 1 is 1.26 bits per heavy atom. The summed E-state index contributed by atoms with van der Waals surface area (Å²) in [5.74, 6) is -0.679. The van der Waals surface area contributed by atoms with E-state index in [2.05, 4.69) is 0 Å². The van der Waals surface area contributed by atoms with Gasteiger partial charge < -0.3 is 14.7 Å². The highest BCUT2D eigenvalue weighted by Crippen LogP contribution is 2.43. The van der Waals surface area contributed by atoms with Crippen LogP contribution in [0.2, 0.25) is 0 Å². The minimum atomic E-state index is -1.23. The topological polar surface area (TPSA) is 66.8 Å². The lowest BCUT2D eigenvalue weighted by atomic mass is 9.68. The maximum Gasteiger partial charge on any atom is 0.319 e. The van der Waals surface area contributed by atoms with Gasteiger partial charge in [0.25, 0.3) is 0 Å². The molecule has 0 spiro atoms. The Labute approximate surface area is 111 Å². The maximum atomic E-state index is 12.4. The molecule has 0 unspecified atom stereocenters. The molecular formula is C14H17NO4. The van der Waals surface area contributed by atoms with E-state index in [0.717, 1.165) is 6.42 Å². The number of anilines is 1. The van der Waals surface area contributed by atoms with Gasteiger partial charge in [-0.2, -0.15) is 0 Å². The van der Waals surface area contributed by atoms with Crippen LogP contribution in [0.5, 0.6) is 5.75 Å². The Kier molecular flexibility index (Phi) is 3.46. The SMILES string of the molecule is COc1ccc(N(C)C(=O)C2(C(=O)O)CCC2)cc1. The molecule has 0 aliphatic heterocycles. The van der Waals surface area contributed by atoms with Crippen LogP contribution in [-0.4, -0.2) is 31.1 Å². The van der Waals surface area contributed by atoms with Crippen LogP contribution in [0, 0.1) is 5.41 Å². The third kappa shape index (κ3) is 2.16. The van der Waals surface area contributed by atoms with Crippen LogP contribution in [0.1, 0.15) is 19.3 Å². The molecule has 0 bridgehead atoms. The molecular weight excluding hydrogens is 246 g/mol. The summed E-state index contributed by atoms with van der Waals surface area (Å²) >= 11 is 0. The Morgan fingerprint density at radius 2 is 1.84 bits per heavy atom. The van der Waals surface area contributed by atoms with Crippen molar-refractivity contribution in [2.24, 2.45) is 5.41 Å². The maximum absolute atomic E-state index is 12.4. The zero-order chi connectivity index (χ0) is 14.0. The largest absolute Gasteiger partial charge is 0.497 e. The summed E-state index contributed by atoms with van der Waals surface area (Å²) in [5, 5.41) is 9.26. The monoisotopic (exact) mass is 263 g/mol. The van der Waals surface area contributed by atoms with E-state index in [9.17, 15) is 14.7 Å². The molecule has 0 aromatic heterocycles. The minimum absolute atomic E-state index is 0.351. The van der Waals surface area contributed by atoms with Crippen LogP contribution in [0.25, 0.3) is 0 Å². The van der Waals surface area contributed by atoms with Crippen molar-refractivity contribution in [3.63, 3.8) is 0 Å². The molecule has 1 N–H and O–H groups in total. The number of carbonyl (C=O) groups is 2. The fraction of sp³-hybridized carbons (Fsp3) is 0.429. The molecule has 1 aromatic carbocycles. The highest BCUT2D eigenvalue weighted by Gasteiger charge is 2.52. The molecule has 0 atom stereocenters. The van der Waals surface area contributed by atoms with Gasteiger partial charge in [-0.15, -0.1) is 0 Å². The van der Waals surface area contributed by atoms with E-state index < -0.39 is 11.4 Å². The summed E-state index contributed by atoms with van der Waals surface area (Å²) in [7, 11) is 3.17. The molecule has 1 amide bonds. The number of carbonyl (C=O) groups excluding carboxylic acids is 1. The predicted molar refractivity (Wildman–Crippen MR) is 70.3 cm³/mol. The summed E-state index contributed by atoms with van der Waals surface area (Å²) in [5.41, 5.74) is -0.562. The number of carboxylic acids is 1. The minimum Gasteiger partial charge on any atom is -0.497 e. The van der Waals surface area contributed by atoms with Crippen LogP contribution < -0.4 is 9.64 Å². The molecule has 1 aliphatic carbocycles. The Balaban J connectivity index is 2.20. The second kappa shape index (κ2) is 4.91. The normalized spacial score (nSPS) is 16.3. The lowest BCUT2D eigenvalue weighted by Gasteiger charge is -2.38. The zero-order valence-electron chi connectivity index (χ0n) is 11.0. The van der Waals surface area contributed by atoms with Crippen molar-refractivity contribution < 1.29 is 19.4 Å². The quantitative estimate of drug-likeness (QED) is 0.843. The molecule has 0 saturated heterocycles. The van der Waals surface area contributed by atoms with Gasteiger partial charge in [0.15, 0.2) is 0 Å². The first-order chi connectivity index (χ1) is 9.01. The second-order valence-electron chi connectivity index (χ2n) is 4.80. The van der Waals surface area contributed by atoms with Crippen molar-refractivity contribution in [2.75, 3.05) is 19.1 Å². The van der Waals surface area contributed by atoms with Gasteiger partial charge in [-0.3, -0.25) is 9.59 Å². The van der Waals surface area contributed by atoms with E-state index in [1.165, 1.54) is 4.90 Å². The van der Waals surface area contributed by atoms with Crippen molar-refractivity contribution in [2.45, 2.75) is 19.3 Å². The highest BCUT2D eigenvalue weighted by molar-refractivity contribution is 6.10. The standard InChI is InChI=1S/C14H17NO4/c1-15(10-4-6-11(19-2)7-5-10)12(16)14(13(17)18)8-3-9-14/h4-7H,3,8-9H2,1-2H3,(H,17,18). The van der Waals surface area contributed by atoms with Crippen LogP contribution in [0.3, 0.4) is 0 Å². The van der Waals surface area contributed by atoms with E-state index in [0.29, 0.717) is 24.3 Å². The number of carboxylic acid groups (broad SMARTS) is 1. The van der Waals surface area contributed by atoms with Crippen molar-refractivity contribution >= 4 is 17.6 Å². The number of hydrogen-bond donors (Lipinski definition) is 1. The first-order valence-corrected chi connectivity index (χ1v) is 6.17. The fourth-order valence-electron chi connectivity index (χ4n) is 2.29. The second-order valence-corrected chi connectivity index (χ2v) is 4.80. The summed E-state index contributed by atoms with van der Waals surface area (Å²) in [4.78, 5) is 25.1. The highest BCUT2D eigenvalue weighted by atomic mass is 16.5. The van der Waals surface area contributed by atoms with Gasteiger partial charge in [0.1, 0.15) is 11.2 Å². The number of methoxy groups -OCH3 is 1. The summed E-state index contributed by atoms with van der Waals surface area (Å²) < 4.78 is 5.05. The smallest absolute Gasteiger partial charge is 0.319 e. The predicted octanol–water partition coefficient (Wildman–Crippen LogP) is 1.91. The molecule has 0 heterocycles. The van der Waals surface area contributed by atoms with E-state index in [-0.39, 0.29) is 5.91 Å². The van der Waals surface area contributed by atoms with Crippen LogP contribution in [0.4, 0.5) is 5.69 Å². The number of rotatable bonds is 4. The molecule has 0 radical (unpaired) electrons. The molecule has 19 heavy (non-hydrogen) atoms. The van der Waals surface area contributed by atoms with Gasteiger partial charge in [-0.1, -0.05) is 6.42 Å². The number of aliphatic carboxylic acids is 1. The van der Waals surface area contributed by atoms with Crippen LogP contribution in [-0.2, 0) is 9.59 Å². The summed E-state index contributed by atoms with van der Waals surface area (Å²) in [6.45, 7) is 0. The number of nitrogens with zero attached hydrogens (tertiary/aromatic N) is 1. The number of amides is 1. The molecule has 5 heteroatoms. The zero-order valence-corrected chi connectivity index (χ0v) is 11.0. The molecule has 102 valence electrons. The number of benzene rings is 1. The molecule has 1 aliphatic rings. The lowest BCUT2D eigenvalue weighted by Crippen LogP contribution is -2.51. The number of ether oxygens (including phenoxy) is 1. The molecule has 1 aromatic rings. The van der Waals surface area contributed by atoms with Gasteiger partial charge >= 0.3 is 5.97 Å². The van der Waals surface area contributed by atoms with Crippen molar-refractivity contribution in [1.82, 2.24) is 0 Å². The van der Waals surface area contributed by atoms with Crippen molar-refractivity contribution in [1.29, 1.82) is 0 Å². The summed E-state index contributed by atoms with van der Waals surface area (Å²) in [6.07, 6.45) is 1.62. The average molecular weight is 263 g/mol. The first-order valence-electron chi connectivity index (χ1n) is 6.17. The van der Waals surface area contributed by atoms with Gasteiger partial charge in [0.05, 0.1) is 7.11 Å². The van der Waals surface area contributed by atoms with E-state index >= 15 is 0 Å². The first kappa shape index (κ1) is 13.4. The summed E-state index contributed by atoms with van der Waals surface area (Å²) in [6, 6.07) is 6.97. The van der Waals surface area contributed by atoms with E-state index in [1.54, 1.807) is 38.4 Å². The van der Waals surface area contributed by atoms with Crippen molar-refractivity contribution in [3.8, 4) is 5.75 Å². The van der Waals surface area contributed by atoms with Gasteiger partial charge in [0.2, 0.25) is 5.91 Å². The van der Waals surface area contributed by atoms with Crippen LogP contribution in [0.15, 0.2) is 24.3 Å². The van der Waals surface area contributed by atoms with E-state index in [1.807, 2.05) is 0 Å². The van der Waals surface area contributed by atoms with Crippen molar-refractivity contribution in [3.05, 3.63) is 24.3 Å². The fourth-order valence-corrected chi connectivity index (χ4v) is 2.29. The van der Waals surface area contributed by atoms with Crippen LogP contribution >= 0.6 is 0 Å². The van der Waals surface area contributed by atoms with Gasteiger partial charge in [-0.05, 0) is 37.1 Å². The molecule has 5 nitrogen and oxygen atoms in total. The third-order valence-corrected chi connectivity index (χ3v) is 3.79. The number of hydrogen-bond acceptors (Lipinski definition) is 3. The Bertz CT molecular complexity index is 491. The Hall–Kier alpha value is -2.04.